The lowest BCUT2D eigenvalue weighted by Gasteiger charge is -2.30. The highest BCUT2D eigenvalue weighted by Gasteiger charge is 2.39. The van der Waals surface area contributed by atoms with Gasteiger partial charge in [-0.05, 0) is 37.8 Å². The molecule has 1 saturated carbocycles. The zero-order chi connectivity index (χ0) is 22.2. The molecule has 0 radical (unpaired) electrons. The second kappa shape index (κ2) is 8.39. The predicted octanol–water partition coefficient (Wildman–Crippen LogP) is 4.29. The first kappa shape index (κ1) is 21.5. The van der Waals surface area contributed by atoms with Crippen LogP contribution in [0.15, 0.2) is 16.7 Å². The Morgan fingerprint density at radius 3 is 2.81 bits per heavy atom. The molecule has 1 aromatic heterocycles. The molecule has 2 aliphatic rings. The summed E-state index contributed by atoms with van der Waals surface area (Å²) in [5, 5.41) is 5.84. The van der Waals surface area contributed by atoms with Gasteiger partial charge in [-0.25, -0.2) is 4.79 Å². The Bertz CT molecular complexity index is 972. The zero-order valence-electron chi connectivity index (χ0n) is 17.1. The molecule has 31 heavy (non-hydrogen) atoms. The van der Waals surface area contributed by atoms with E-state index >= 15 is 0 Å². The zero-order valence-corrected chi connectivity index (χ0v) is 17.1. The number of rotatable bonds is 6. The monoisotopic (exact) mass is 439 g/mol. The van der Waals surface area contributed by atoms with Crippen molar-refractivity contribution >= 4 is 22.9 Å². The maximum Gasteiger partial charge on any atom is 0.437 e. The second-order valence-electron chi connectivity index (χ2n) is 8.03. The molecule has 1 saturated heterocycles. The van der Waals surface area contributed by atoms with Crippen molar-refractivity contribution in [1.82, 2.24) is 15.4 Å². The van der Waals surface area contributed by atoms with Gasteiger partial charge in [-0.2, -0.15) is 13.2 Å². The molecule has 0 bridgehead atoms. The molecular weight excluding hydrogens is 415 g/mol. The minimum Gasteiger partial charge on any atom is -0.490 e. The topological polar surface area (TPSA) is 84.7 Å². The van der Waals surface area contributed by atoms with Gasteiger partial charge in [0.15, 0.2) is 11.3 Å². The number of hydrogen-bond acceptors (Lipinski definition) is 5. The molecule has 1 aliphatic carbocycles. The number of amides is 3. The molecule has 0 spiro atoms. The number of carbonyl (C=O) groups excluding carboxylic acids is 2. The Labute approximate surface area is 176 Å². The fourth-order valence-electron chi connectivity index (χ4n) is 4.41. The standard InChI is InChI=1S/C21H24F3N3O4/c1-2-4-13-16(8-7-14-18(13)31-26-19(14)21(22,23)24)30-15-6-3-5-12(15)11-27-17(28)9-10-25-20(27)29/h7-8,12,15H,2-6,9-11H2,1H3,(H,25,29)/t12-,15?/m1/s1. The van der Waals surface area contributed by atoms with E-state index in [-0.39, 0.29) is 41.9 Å². The van der Waals surface area contributed by atoms with E-state index in [0.29, 0.717) is 30.7 Å². The molecule has 168 valence electrons. The number of ether oxygens (including phenoxy) is 1. The van der Waals surface area contributed by atoms with Crippen LogP contribution in [-0.2, 0) is 17.4 Å². The van der Waals surface area contributed by atoms with Crippen molar-refractivity contribution in [1.29, 1.82) is 0 Å². The average molecular weight is 439 g/mol. The van der Waals surface area contributed by atoms with Crippen LogP contribution in [0, 0.1) is 5.92 Å². The minimum absolute atomic E-state index is 0.0431. The lowest BCUT2D eigenvalue weighted by atomic mass is 10.0. The van der Waals surface area contributed by atoms with Crippen molar-refractivity contribution in [3.63, 3.8) is 0 Å². The molecular formula is C21H24F3N3O4. The first-order chi connectivity index (χ1) is 14.8. The summed E-state index contributed by atoms with van der Waals surface area (Å²) in [5.41, 5.74) is -0.396. The van der Waals surface area contributed by atoms with Crippen LogP contribution < -0.4 is 10.1 Å². The number of benzene rings is 1. The number of halogens is 3. The third-order valence-corrected chi connectivity index (χ3v) is 5.92. The summed E-state index contributed by atoms with van der Waals surface area (Å²) >= 11 is 0. The van der Waals surface area contributed by atoms with E-state index in [1.54, 1.807) is 0 Å². The normalized spacial score (nSPS) is 22.3. The average Bonchev–Trinajstić information content (AvgIpc) is 3.33. The summed E-state index contributed by atoms with van der Waals surface area (Å²) in [7, 11) is 0. The number of hydrogen-bond donors (Lipinski definition) is 1. The summed E-state index contributed by atoms with van der Waals surface area (Å²) in [6, 6.07) is 2.47. The first-order valence-electron chi connectivity index (χ1n) is 10.5. The van der Waals surface area contributed by atoms with Gasteiger partial charge in [-0.3, -0.25) is 9.69 Å². The van der Waals surface area contributed by atoms with Crippen LogP contribution in [-0.4, -0.2) is 41.2 Å². The van der Waals surface area contributed by atoms with Gasteiger partial charge in [0.25, 0.3) is 0 Å². The summed E-state index contributed by atoms with van der Waals surface area (Å²) in [6.45, 7) is 2.53. The molecule has 1 aromatic carbocycles. The van der Waals surface area contributed by atoms with Crippen LogP contribution in [0.5, 0.6) is 5.75 Å². The molecule has 2 atom stereocenters. The molecule has 3 amide bonds. The number of imide groups is 1. The lowest BCUT2D eigenvalue weighted by Crippen LogP contribution is -2.52. The summed E-state index contributed by atoms with van der Waals surface area (Å²) < 4.78 is 51.0. The van der Waals surface area contributed by atoms with Crippen molar-refractivity contribution in [3.05, 3.63) is 23.4 Å². The fraction of sp³-hybridized carbons (Fsp3) is 0.571. The highest BCUT2D eigenvalue weighted by Crippen LogP contribution is 2.40. The Morgan fingerprint density at radius 1 is 1.29 bits per heavy atom. The largest absolute Gasteiger partial charge is 0.490 e. The van der Waals surface area contributed by atoms with Crippen molar-refractivity contribution in [2.75, 3.05) is 13.1 Å². The number of aryl methyl sites for hydroxylation is 1. The van der Waals surface area contributed by atoms with Gasteiger partial charge in [0.2, 0.25) is 5.91 Å². The van der Waals surface area contributed by atoms with E-state index in [1.807, 2.05) is 6.92 Å². The summed E-state index contributed by atoms with van der Waals surface area (Å²) in [4.78, 5) is 25.4. The van der Waals surface area contributed by atoms with Crippen LogP contribution in [0.25, 0.3) is 11.0 Å². The Kier molecular flexibility index (Phi) is 5.81. The first-order valence-corrected chi connectivity index (χ1v) is 10.5. The van der Waals surface area contributed by atoms with Crippen molar-refractivity contribution in [2.45, 2.75) is 57.7 Å². The van der Waals surface area contributed by atoms with Crippen molar-refractivity contribution < 1.29 is 32.0 Å². The maximum atomic E-state index is 13.2. The number of alkyl halides is 3. The van der Waals surface area contributed by atoms with Crippen LogP contribution in [0.3, 0.4) is 0 Å². The quantitative estimate of drug-likeness (QED) is 0.726. The molecule has 4 rings (SSSR count). The van der Waals surface area contributed by atoms with Crippen LogP contribution in [0.1, 0.15) is 50.3 Å². The molecule has 1 unspecified atom stereocenters. The van der Waals surface area contributed by atoms with Gasteiger partial charge >= 0.3 is 12.2 Å². The van der Waals surface area contributed by atoms with E-state index in [0.717, 1.165) is 19.3 Å². The molecule has 7 nitrogen and oxygen atoms in total. The number of nitrogens with one attached hydrogen (secondary N) is 1. The summed E-state index contributed by atoms with van der Waals surface area (Å²) in [6.07, 6.45) is -0.998. The van der Waals surface area contributed by atoms with Crippen LogP contribution >= 0.6 is 0 Å². The third-order valence-electron chi connectivity index (χ3n) is 5.92. The van der Waals surface area contributed by atoms with E-state index in [1.165, 1.54) is 17.0 Å². The molecule has 1 N–H and O–H groups in total. The Balaban J connectivity index is 1.59. The number of nitrogens with zero attached hydrogens (tertiary/aromatic N) is 2. The van der Waals surface area contributed by atoms with Gasteiger partial charge < -0.3 is 14.6 Å². The second-order valence-corrected chi connectivity index (χ2v) is 8.03. The number of urea groups is 1. The number of fused-ring (bicyclic) bond motifs is 1. The van der Waals surface area contributed by atoms with E-state index in [9.17, 15) is 22.8 Å². The Morgan fingerprint density at radius 2 is 2.10 bits per heavy atom. The van der Waals surface area contributed by atoms with Gasteiger partial charge in [-0.1, -0.05) is 18.5 Å². The summed E-state index contributed by atoms with van der Waals surface area (Å²) in [5.74, 6) is 0.216. The molecule has 2 aromatic rings. The Hall–Kier alpha value is -2.78. The van der Waals surface area contributed by atoms with E-state index < -0.39 is 17.9 Å². The fourth-order valence-corrected chi connectivity index (χ4v) is 4.41. The predicted molar refractivity (Wildman–Crippen MR) is 104 cm³/mol. The maximum absolute atomic E-state index is 13.2. The third kappa shape index (κ3) is 4.20. The highest BCUT2D eigenvalue weighted by atomic mass is 19.4. The minimum atomic E-state index is -4.60. The van der Waals surface area contributed by atoms with E-state index in [4.69, 9.17) is 9.26 Å². The lowest BCUT2D eigenvalue weighted by molar-refractivity contribution is -0.141. The highest BCUT2D eigenvalue weighted by molar-refractivity contribution is 5.96. The van der Waals surface area contributed by atoms with Crippen LogP contribution in [0.4, 0.5) is 18.0 Å². The number of aromatic nitrogens is 1. The van der Waals surface area contributed by atoms with Crippen molar-refractivity contribution in [3.8, 4) is 5.75 Å². The number of carbonyl (C=O) groups is 2. The van der Waals surface area contributed by atoms with Crippen molar-refractivity contribution in [2.24, 2.45) is 5.92 Å². The van der Waals surface area contributed by atoms with Gasteiger partial charge in [0, 0.05) is 31.0 Å². The van der Waals surface area contributed by atoms with Crippen LogP contribution in [0.2, 0.25) is 0 Å². The molecule has 2 heterocycles. The van der Waals surface area contributed by atoms with Gasteiger partial charge in [0.1, 0.15) is 11.9 Å². The molecule has 2 fully saturated rings. The van der Waals surface area contributed by atoms with E-state index in [2.05, 4.69) is 10.5 Å². The SMILES string of the molecule is CCCc1c(OC2CCC[C@@H]2CN2C(=O)CCNC2=O)ccc2c(C(F)(F)F)noc12. The van der Waals surface area contributed by atoms with Gasteiger partial charge in [-0.15, -0.1) is 0 Å². The molecule has 10 heteroatoms. The molecule has 1 aliphatic heterocycles. The van der Waals surface area contributed by atoms with Gasteiger partial charge in [0.05, 0.1) is 5.39 Å². The smallest absolute Gasteiger partial charge is 0.437 e.